The van der Waals surface area contributed by atoms with Crippen LogP contribution in [0.4, 0.5) is 5.69 Å². The maximum absolute atomic E-state index is 12.4. The number of nitrogens with one attached hydrogen (secondary N) is 2. The molecule has 4 fully saturated rings. The third-order valence-corrected chi connectivity index (χ3v) is 6.96. The van der Waals surface area contributed by atoms with E-state index in [-0.39, 0.29) is 29.8 Å². The standard InChI is InChI=1S/C21H29N3O2/c1-13(21-9-14-6-15(10-21)8-16(7-14)11-21)24-19(25)12-23-20(26)17-2-4-18(22)5-3-17/h2-5,13-16H,6-12,22H2,1H3,(H,23,26)(H,24,25)/t13-,14?,15?,16?,21?/m0/s1. The van der Waals surface area contributed by atoms with Crippen molar-refractivity contribution in [3.05, 3.63) is 29.8 Å². The van der Waals surface area contributed by atoms with Crippen LogP contribution in [0.3, 0.4) is 0 Å². The molecule has 4 saturated carbocycles. The first kappa shape index (κ1) is 17.4. The molecule has 0 radical (unpaired) electrons. The van der Waals surface area contributed by atoms with Gasteiger partial charge in [-0.1, -0.05) is 0 Å². The van der Waals surface area contributed by atoms with Gasteiger partial charge in [-0.25, -0.2) is 0 Å². The maximum atomic E-state index is 12.4. The Bertz CT molecular complexity index is 662. The topological polar surface area (TPSA) is 84.2 Å². The molecule has 26 heavy (non-hydrogen) atoms. The van der Waals surface area contributed by atoms with Crippen LogP contribution in [0.1, 0.15) is 55.8 Å². The highest BCUT2D eigenvalue weighted by Gasteiger charge is 2.53. The Morgan fingerprint density at radius 3 is 2.15 bits per heavy atom. The van der Waals surface area contributed by atoms with Crippen molar-refractivity contribution in [1.29, 1.82) is 0 Å². The van der Waals surface area contributed by atoms with Crippen LogP contribution >= 0.6 is 0 Å². The fourth-order valence-corrected chi connectivity index (χ4v) is 6.05. The van der Waals surface area contributed by atoms with Gasteiger partial charge < -0.3 is 16.4 Å². The molecule has 0 aliphatic heterocycles. The van der Waals surface area contributed by atoms with E-state index in [1.165, 1.54) is 38.5 Å². The summed E-state index contributed by atoms with van der Waals surface area (Å²) in [6.45, 7) is 2.17. The summed E-state index contributed by atoms with van der Waals surface area (Å²) in [5.41, 5.74) is 7.04. The highest BCUT2D eigenvalue weighted by atomic mass is 16.2. The molecule has 5 rings (SSSR count). The van der Waals surface area contributed by atoms with Crippen LogP contribution < -0.4 is 16.4 Å². The lowest BCUT2D eigenvalue weighted by atomic mass is 9.48. The van der Waals surface area contributed by atoms with Gasteiger partial charge in [-0.05, 0) is 92.9 Å². The zero-order valence-corrected chi connectivity index (χ0v) is 15.5. The number of nitrogen functional groups attached to an aromatic ring is 1. The number of carbonyl (C=O) groups is 2. The fourth-order valence-electron chi connectivity index (χ4n) is 6.05. The summed E-state index contributed by atoms with van der Waals surface area (Å²) in [6, 6.07) is 6.88. The van der Waals surface area contributed by atoms with E-state index in [2.05, 4.69) is 17.6 Å². The van der Waals surface area contributed by atoms with E-state index in [0.29, 0.717) is 11.3 Å². The first-order valence-electron chi connectivity index (χ1n) is 9.86. The quantitative estimate of drug-likeness (QED) is 0.710. The summed E-state index contributed by atoms with van der Waals surface area (Å²) in [7, 11) is 0. The molecule has 2 amide bonds. The Morgan fingerprint density at radius 1 is 1.08 bits per heavy atom. The van der Waals surface area contributed by atoms with E-state index in [9.17, 15) is 9.59 Å². The Morgan fingerprint density at radius 2 is 1.62 bits per heavy atom. The van der Waals surface area contributed by atoms with Gasteiger partial charge in [0.1, 0.15) is 0 Å². The van der Waals surface area contributed by atoms with Gasteiger partial charge in [-0.3, -0.25) is 9.59 Å². The lowest BCUT2D eigenvalue weighted by Crippen LogP contribution is -2.56. The van der Waals surface area contributed by atoms with E-state index < -0.39 is 0 Å². The second kappa shape index (κ2) is 6.60. The van der Waals surface area contributed by atoms with E-state index in [0.717, 1.165) is 17.8 Å². The minimum Gasteiger partial charge on any atom is -0.399 e. The molecule has 0 unspecified atom stereocenters. The van der Waals surface area contributed by atoms with E-state index >= 15 is 0 Å². The molecule has 0 aromatic heterocycles. The molecule has 0 heterocycles. The Balaban J connectivity index is 1.31. The molecule has 5 nitrogen and oxygen atoms in total. The van der Waals surface area contributed by atoms with Crippen LogP contribution in [0.2, 0.25) is 0 Å². The fraction of sp³-hybridized carbons (Fsp3) is 0.619. The lowest BCUT2D eigenvalue weighted by molar-refractivity contribution is -0.124. The molecule has 4 N–H and O–H groups in total. The average molecular weight is 355 g/mol. The van der Waals surface area contributed by atoms with Gasteiger partial charge in [0.25, 0.3) is 5.91 Å². The van der Waals surface area contributed by atoms with E-state index in [4.69, 9.17) is 5.73 Å². The van der Waals surface area contributed by atoms with Gasteiger partial charge in [0.15, 0.2) is 0 Å². The first-order valence-corrected chi connectivity index (χ1v) is 9.86. The van der Waals surface area contributed by atoms with Crippen molar-refractivity contribution in [2.24, 2.45) is 23.2 Å². The maximum Gasteiger partial charge on any atom is 0.251 e. The molecule has 1 aromatic carbocycles. The summed E-state index contributed by atoms with van der Waals surface area (Å²) < 4.78 is 0. The van der Waals surface area contributed by atoms with Crippen LogP contribution in [0, 0.1) is 23.2 Å². The van der Waals surface area contributed by atoms with Gasteiger partial charge in [0.05, 0.1) is 6.54 Å². The number of hydrogen-bond acceptors (Lipinski definition) is 3. The number of rotatable bonds is 5. The predicted molar refractivity (Wildman–Crippen MR) is 101 cm³/mol. The third kappa shape index (κ3) is 3.31. The summed E-state index contributed by atoms with van der Waals surface area (Å²) in [5.74, 6) is 2.25. The molecule has 4 aliphatic rings. The lowest BCUT2D eigenvalue weighted by Gasteiger charge is -2.59. The SMILES string of the molecule is C[C@H](NC(=O)CNC(=O)c1ccc(N)cc1)C12CC3CC(CC(C3)C1)C2. The third-order valence-electron chi connectivity index (χ3n) is 6.96. The molecular formula is C21H29N3O2. The van der Waals surface area contributed by atoms with Gasteiger partial charge in [0.2, 0.25) is 5.91 Å². The molecule has 0 saturated heterocycles. The molecule has 1 atom stereocenters. The molecular weight excluding hydrogens is 326 g/mol. The predicted octanol–water partition coefficient (Wildman–Crippen LogP) is 2.72. The van der Waals surface area contributed by atoms with Crippen LogP contribution in [0.25, 0.3) is 0 Å². The van der Waals surface area contributed by atoms with Crippen LogP contribution in [-0.2, 0) is 4.79 Å². The molecule has 4 bridgehead atoms. The minimum atomic E-state index is -0.248. The minimum absolute atomic E-state index is 0.0138. The normalized spacial score (nSPS) is 32.9. The van der Waals surface area contributed by atoms with E-state index in [1.54, 1.807) is 24.3 Å². The number of amides is 2. The van der Waals surface area contributed by atoms with E-state index in [1.807, 2.05) is 0 Å². The monoisotopic (exact) mass is 355 g/mol. The Hall–Kier alpha value is -2.04. The smallest absolute Gasteiger partial charge is 0.251 e. The number of nitrogens with two attached hydrogens (primary N) is 1. The van der Waals surface area contributed by atoms with Crippen molar-refractivity contribution >= 4 is 17.5 Å². The van der Waals surface area contributed by atoms with Gasteiger partial charge in [0, 0.05) is 17.3 Å². The van der Waals surface area contributed by atoms with Gasteiger partial charge in [-0.2, -0.15) is 0 Å². The number of benzene rings is 1. The zero-order valence-electron chi connectivity index (χ0n) is 15.5. The highest BCUT2D eigenvalue weighted by molar-refractivity contribution is 5.96. The Labute approximate surface area is 155 Å². The Kier molecular flexibility index (Phi) is 4.41. The van der Waals surface area contributed by atoms with Crippen molar-refractivity contribution in [3.8, 4) is 0 Å². The van der Waals surface area contributed by atoms with Crippen LogP contribution in [0.15, 0.2) is 24.3 Å². The zero-order chi connectivity index (χ0) is 18.3. The molecule has 5 heteroatoms. The van der Waals surface area contributed by atoms with Gasteiger partial charge in [-0.15, -0.1) is 0 Å². The van der Waals surface area contributed by atoms with Crippen LogP contribution in [-0.4, -0.2) is 24.4 Å². The molecule has 140 valence electrons. The van der Waals surface area contributed by atoms with Gasteiger partial charge >= 0.3 is 0 Å². The van der Waals surface area contributed by atoms with Crippen molar-refractivity contribution in [1.82, 2.24) is 10.6 Å². The summed E-state index contributed by atoms with van der Waals surface area (Å²) in [4.78, 5) is 24.5. The summed E-state index contributed by atoms with van der Waals surface area (Å²) >= 11 is 0. The molecule has 4 aliphatic carbocycles. The molecule has 0 spiro atoms. The second-order valence-electron chi connectivity index (χ2n) is 8.87. The second-order valence-corrected chi connectivity index (χ2v) is 8.87. The summed E-state index contributed by atoms with van der Waals surface area (Å²) in [6.07, 6.45) is 7.99. The van der Waals surface area contributed by atoms with Crippen molar-refractivity contribution in [3.63, 3.8) is 0 Å². The van der Waals surface area contributed by atoms with Crippen LogP contribution in [0.5, 0.6) is 0 Å². The highest BCUT2D eigenvalue weighted by Crippen LogP contribution is 2.61. The van der Waals surface area contributed by atoms with Crippen molar-refractivity contribution in [2.75, 3.05) is 12.3 Å². The largest absolute Gasteiger partial charge is 0.399 e. The summed E-state index contributed by atoms with van der Waals surface area (Å²) in [5, 5.41) is 5.88. The van der Waals surface area contributed by atoms with Crippen molar-refractivity contribution in [2.45, 2.75) is 51.5 Å². The van der Waals surface area contributed by atoms with Crippen molar-refractivity contribution < 1.29 is 9.59 Å². The number of anilines is 1. The number of hydrogen-bond donors (Lipinski definition) is 3. The average Bonchev–Trinajstić information content (AvgIpc) is 2.59. The first-order chi connectivity index (χ1) is 12.4. The molecule has 1 aromatic rings. The number of carbonyl (C=O) groups excluding carboxylic acids is 2.